The molecule has 0 aliphatic rings. The Labute approximate surface area is 81.8 Å². The summed E-state index contributed by atoms with van der Waals surface area (Å²) in [5, 5.41) is 4.00. The lowest BCUT2D eigenvalue weighted by Crippen LogP contribution is -2.21. The minimum absolute atomic E-state index is 0.0402. The van der Waals surface area contributed by atoms with Gasteiger partial charge < -0.3 is 4.57 Å². The molecule has 0 amide bonds. The molecule has 4 nitrogen and oxygen atoms in total. The van der Waals surface area contributed by atoms with Gasteiger partial charge in [0, 0.05) is 18.9 Å². The minimum Gasteiger partial charge on any atom is -0.312 e. The number of nitrogens with zero attached hydrogens (tertiary/aromatic N) is 3. The summed E-state index contributed by atoms with van der Waals surface area (Å²) in [7, 11) is 0. The largest absolute Gasteiger partial charge is 0.312 e. The summed E-state index contributed by atoms with van der Waals surface area (Å²) in [6.07, 6.45) is 7.37. The van der Waals surface area contributed by atoms with E-state index >= 15 is 0 Å². The molecule has 0 aliphatic carbocycles. The highest BCUT2D eigenvalue weighted by molar-refractivity contribution is 5.42. The van der Waals surface area contributed by atoms with Gasteiger partial charge >= 0.3 is 0 Å². The van der Waals surface area contributed by atoms with Crippen LogP contribution in [0, 0.1) is 0 Å². The Morgan fingerprint density at radius 1 is 1.43 bits per heavy atom. The molecule has 2 aromatic rings. The van der Waals surface area contributed by atoms with Crippen LogP contribution in [-0.2, 0) is 6.54 Å². The maximum Gasteiger partial charge on any atom is 0.276 e. The first-order chi connectivity index (χ1) is 6.83. The Bertz CT molecular complexity index is 483. The molecule has 4 heteroatoms. The molecule has 0 atom stereocenters. The van der Waals surface area contributed by atoms with Crippen LogP contribution in [0.25, 0.3) is 5.52 Å². The fourth-order valence-electron chi connectivity index (χ4n) is 1.47. The number of aromatic nitrogens is 3. The fourth-order valence-corrected chi connectivity index (χ4v) is 1.47. The van der Waals surface area contributed by atoms with Crippen molar-refractivity contribution in [2.24, 2.45) is 0 Å². The second-order valence-electron chi connectivity index (χ2n) is 3.31. The average molecular weight is 191 g/mol. The zero-order chi connectivity index (χ0) is 9.97. The number of aryl methyl sites for hydroxylation is 1. The number of unbranched alkanes of at least 4 members (excludes halogenated alkanes) is 1. The van der Waals surface area contributed by atoms with Crippen LogP contribution in [0.2, 0.25) is 0 Å². The summed E-state index contributed by atoms with van der Waals surface area (Å²) in [5.41, 5.74) is 0.682. The Hall–Kier alpha value is -1.58. The van der Waals surface area contributed by atoms with E-state index in [9.17, 15) is 4.79 Å². The third-order valence-corrected chi connectivity index (χ3v) is 2.29. The van der Waals surface area contributed by atoms with E-state index in [2.05, 4.69) is 12.0 Å². The van der Waals surface area contributed by atoms with Crippen molar-refractivity contribution in [2.75, 3.05) is 0 Å². The van der Waals surface area contributed by atoms with Gasteiger partial charge in [0.2, 0.25) is 0 Å². The molecular formula is C10H13N3O. The van der Waals surface area contributed by atoms with Crippen molar-refractivity contribution in [2.45, 2.75) is 26.3 Å². The van der Waals surface area contributed by atoms with Crippen molar-refractivity contribution < 1.29 is 0 Å². The molecule has 0 aromatic carbocycles. The van der Waals surface area contributed by atoms with Crippen molar-refractivity contribution in [3.63, 3.8) is 0 Å². The number of hydrogen-bond acceptors (Lipinski definition) is 2. The number of fused-ring (bicyclic) bond motifs is 1. The van der Waals surface area contributed by atoms with Gasteiger partial charge in [-0.25, -0.2) is 4.52 Å². The summed E-state index contributed by atoms with van der Waals surface area (Å²) >= 11 is 0. The standard InChI is InChI=1S/C10H13N3O/c1-2-3-6-12-7-8-13-9(10(12)14)4-5-11-13/h4-5,7-8H,2-3,6H2,1H3. The highest BCUT2D eigenvalue weighted by Crippen LogP contribution is 1.96. The molecular weight excluding hydrogens is 178 g/mol. The van der Waals surface area contributed by atoms with Gasteiger partial charge in [0.1, 0.15) is 5.52 Å². The Morgan fingerprint density at radius 3 is 3.07 bits per heavy atom. The third kappa shape index (κ3) is 1.43. The van der Waals surface area contributed by atoms with Crippen LogP contribution in [0.15, 0.2) is 29.5 Å². The van der Waals surface area contributed by atoms with Gasteiger partial charge in [-0.05, 0) is 12.5 Å². The second-order valence-corrected chi connectivity index (χ2v) is 3.31. The highest BCUT2D eigenvalue weighted by Gasteiger charge is 2.01. The Morgan fingerprint density at radius 2 is 2.29 bits per heavy atom. The molecule has 0 N–H and O–H groups in total. The van der Waals surface area contributed by atoms with E-state index in [1.54, 1.807) is 27.5 Å². The van der Waals surface area contributed by atoms with E-state index in [0.717, 1.165) is 19.4 Å². The maximum absolute atomic E-state index is 11.8. The molecule has 0 saturated heterocycles. The van der Waals surface area contributed by atoms with Gasteiger partial charge in [-0.15, -0.1) is 0 Å². The van der Waals surface area contributed by atoms with Gasteiger partial charge in [-0.3, -0.25) is 4.79 Å². The molecule has 0 fully saturated rings. The van der Waals surface area contributed by atoms with Crippen LogP contribution in [0.5, 0.6) is 0 Å². The average Bonchev–Trinajstić information content (AvgIpc) is 2.66. The van der Waals surface area contributed by atoms with Crippen LogP contribution in [0.1, 0.15) is 19.8 Å². The predicted molar refractivity (Wildman–Crippen MR) is 54.4 cm³/mol. The molecule has 0 bridgehead atoms. The lowest BCUT2D eigenvalue weighted by atomic mass is 10.3. The summed E-state index contributed by atoms with van der Waals surface area (Å²) in [4.78, 5) is 11.8. The van der Waals surface area contributed by atoms with Gasteiger partial charge in [0.05, 0.1) is 6.20 Å². The normalized spacial score (nSPS) is 10.9. The van der Waals surface area contributed by atoms with Crippen LogP contribution in [-0.4, -0.2) is 14.2 Å². The minimum atomic E-state index is 0.0402. The van der Waals surface area contributed by atoms with E-state index in [1.807, 2.05) is 6.20 Å². The van der Waals surface area contributed by atoms with Gasteiger partial charge in [0.15, 0.2) is 0 Å². The van der Waals surface area contributed by atoms with Crippen molar-refractivity contribution in [3.8, 4) is 0 Å². The molecule has 74 valence electrons. The third-order valence-electron chi connectivity index (χ3n) is 2.29. The number of hydrogen-bond donors (Lipinski definition) is 0. The van der Waals surface area contributed by atoms with E-state index < -0.39 is 0 Å². The molecule has 0 unspecified atom stereocenters. The Balaban J connectivity index is 2.46. The maximum atomic E-state index is 11.8. The van der Waals surface area contributed by atoms with Gasteiger partial charge in [-0.1, -0.05) is 13.3 Å². The van der Waals surface area contributed by atoms with Gasteiger partial charge in [0.25, 0.3) is 5.56 Å². The van der Waals surface area contributed by atoms with E-state index in [-0.39, 0.29) is 5.56 Å². The highest BCUT2D eigenvalue weighted by atomic mass is 16.1. The van der Waals surface area contributed by atoms with Crippen molar-refractivity contribution in [1.82, 2.24) is 14.2 Å². The van der Waals surface area contributed by atoms with Crippen molar-refractivity contribution >= 4 is 5.52 Å². The molecule has 2 aromatic heterocycles. The quantitative estimate of drug-likeness (QED) is 0.733. The first-order valence-corrected chi connectivity index (χ1v) is 4.85. The van der Waals surface area contributed by atoms with Crippen LogP contribution < -0.4 is 5.56 Å². The van der Waals surface area contributed by atoms with E-state index in [0.29, 0.717) is 5.52 Å². The monoisotopic (exact) mass is 191 g/mol. The molecule has 0 spiro atoms. The van der Waals surface area contributed by atoms with Crippen LogP contribution in [0.3, 0.4) is 0 Å². The smallest absolute Gasteiger partial charge is 0.276 e. The van der Waals surface area contributed by atoms with Crippen LogP contribution >= 0.6 is 0 Å². The molecule has 2 rings (SSSR count). The first kappa shape index (κ1) is 8.99. The van der Waals surface area contributed by atoms with Gasteiger partial charge in [-0.2, -0.15) is 5.10 Å². The molecule has 0 radical (unpaired) electrons. The Kier molecular flexibility index (Phi) is 2.35. The zero-order valence-corrected chi connectivity index (χ0v) is 8.18. The lowest BCUT2D eigenvalue weighted by Gasteiger charge is -2.03. The second kappa shape index (κ2) is 3.65. The zero-order valence-electron chi connectivity index (χ0n) is 8.18. The summed E-state index contributed by atoms with van der Waals surface area (Å²) in [5.74, 6) is 0. The predicted octanol–water partition coefficient (Wildman–Crippen LogP) is 1.30. The van der Waals surface area contributed by atoms with Crippen molar-refractivity contribution in [3.05, 3.63) is 35.0 Å². The summed E-state index contributed by atoms with van der Waals surface area (Å²) in [6, 6.07) is 1.74. The molecule has 0 aliphatic heterocycles. The lowest BCUT2D eigenvalue weighted by molar-refractivity contribution is 0.609. The van der Waals surface area contributed by atoms with Crippen molar-refractivity contribution in [1.29, 1.82) is 0 Å². The van der Waals surface area contributed by atoms with Crippen LogP contribution in [0.4, 0.5) is 0 Å². The van der Waals surface area contributed by atoms with E-state index in [1.165, 1.54) is 0 Å². The molecule has 0 saturated carbocycles. The summed E-state index contributed by atoms with van der Waals surface area (Å²) < 4.78 is 3.34. The number of rotatable bonds is 3. The molecule has 14 heavy (non-hydrogen) atoms. The SMILES string of the molecule is CCCCn1ccn2nccc2c1=O. The first-order valence-electron chi connectivity index (χ1n) is 4.85. The fraction of sp³-hybridized carbons (Fsp3) is 0.400. The molecule has 2 heterocycles. The van der Waals surface area contributed by atoms with E-state index in [4.69, 9.17) is 0 Å². The summed E-state index contributed by atoms with van der Waals surface area (Å²) in [6.45, 7) is 2.90. The topological polar surface area (TPSA) is 39.3 Å².